The van der Waals surface area contributed by atoms with Gasteiger partial charge in [0.1, 0.15) is 0 Å². The second kappa shape index (κ2) is 8.27. The van der Waals surface area contributed by atoms with E-state index in [9.17, 15) is 4.79 Å². The van der Waals surface area contributed by atoms with E-state index in [4.69, 9.17) is 5.11 Å². The van der Waals surface area contributed by atoms with Crippen LogP contribution in [0.4, 0.5) is 0 Å². The van der Waals surface area contributed by atoms with Crippen LogP contribution in [0.25, 0.3) is 0 Å². The van der Waals surface area contributed by atoms with Gasteiger partial charge in [0.05, 0.1) is 5.76 Å². The minimum Gasteiger partial charge on any atom is -0.512 e. The molecule has 0 aromatic heterocycles. The third-order valence-electron chi connectivity index (χ3n) is 0.412. The van der Waals surface area contributed by atoms with Gasteiger partial charge in [0, 0.05) is 38.8 Å². The summed E-state index contributed by atoms with van der Waals surface area (Å²) < 4.78 is 0. The SMILES string of the molecule is CC(=O)/C=C(/C)O.O.[Y]. The van der Waals surface area contributed by atoms with E-state index < -0.39 is 0 Å². The standard InChI is InChI=1S/C5H8O2.H2O.Y/c1-4(6)3-5(2)7;;/h3,6H,1-2H3;1H2;/b4-3-;;. The first kappa shape index (κ1) is 16.1. The van der Waals surface area contributed by atoms with Crippen molar-refractivity contribution in [3.63, 3.8) is 0 Å². The Morgan fingerprint density at radius 3 is 1.78 bits per heavy atom. The van der Waals surface area contributed by atoms with Gasteiger partial charge < -0.3 is 10.6 Å². The van der Waals surface area contributed by atoms with E-state index in [2.05, 4.69) is 0 Å². The zero-order valence-corrected chi connectivity index (χ0v) is 8.35. The van der Waals surface area contributed by atoms with E-state index in [0.717, 1.165) is 0 Å². The van der Waals surface area contributed by atoms with E-state index in [1.54, 1.807) is 0 Å². The number of aliphatic hydroxyl groups is 1. The van der Waals surface area contributed by atoms with Gasteiger partial charge in [-0.1, -0.05) is 0 Å². The van der Waals surface area contributed by atoms with Gasteiger partial charge in [-0.3, -0.25) is 4.79 Å². The zero-order chi connectivity index (χ0) is 5.86. The molecule has 0 fully saturated rings. The Hall–Kier alpha value is 0.274. The van der Waals surface area contributed by atoms with Gasteiger partial charge in [0.25, 0.3) is 0 Å². The number of ketones is 1. The molecule has 0 aliphatic heterocycles. The van der Waals surface area contributed by atoms with Crippen LogP contribution in [0.15, 0.2) is 11.8 Å². The minimum atomic E-state index is -0.125. The molecule has 0 aromatic rings. The second-order valence-electron chi connectivity index (χ2n) is 1.40. The molecule has 9 heavy (non-hydrogen) atoms. The second-order valence-corrected chi connectivity index (χ2v) is 1.40. The predicted octanol–water partition coefficient (Wildman–Crippen LogP) is 0.210. The van der Waals surface area contributed by atoms with Gasteiger partial charge in [-0.25, -0.2) is 0 Å². The average molecular weight is 207 g/mol. The van der Waals surface area contributed by atoms with Gasteiger partial charge >= 0.3 is 0 Å². The van der Waals surface area contributed by atoms with Crippen LogP contribution in [0.3, 0.4) is 0 Å². The topological polar surface area (TPSA) is 68.8 Å². The summed E-state index contributed by atoms with van der Waals surface area (Å²) >= 11 is 0. The van der Waals surface area contributed by atoms with Crippen molar-refractivity contribution in [2.75, 3.05) is 0 Å². The summed E-state index contributed by atoms with van der Waals surface area (Å²) in [6.45, 7) is 2.85. The normalized spacial score (nSPS) is 8.89. The summed E-state index contributed by atoms with van der Waals surface area (Å²) in [5, 5.41) is 8.36. The molecule has 0 saturated carbocycles. The van der Waals surface area contributed by atoms with E-state index >= 15 is 0 Å². The molecule has 0 rings (SSSR count). The predicted molar refractivity (Wildman–Crippen MR) is 30.7 cm³/mol. The molecule has 51 valence electrons. The molecule has 0 spiro atoms. The van der Waals surface area contributed by atoms with Crippen molar-refractivity contribution in [2.24, 2.45) is 0 Å². The quantitative estimate of drug-likeness (QED) is 0.493. The van der Waals surface area contributed by atoms with Crippen molar-refractivity contribution < 1.29 is 48.1 Å². The monoisotopic (exact) mass is 207 g/mol. The van der Waals surface area contributed by atoms with E-state index in [1.807, 2.05) is 0 Å². The third kappa shape index (κ3) is 17.8. The average Bonchev–Trinajstić information content (AvgIpc) is 1.27. The molecular weight excluding hydrogens is 197 g/mol. The molecule has 3 N–H and O–H groups in total. The largest absolute Gasteiger partial charge is 0.512 e. The van der Waals surface area contributed by atoms with Crippen molar-refractivity contribution in [1.29, 1.82) is 0 Å². The summed E-state index contributed by atoms with van der Waals surface area (Å²) in [6.07, 6.45) is 1.17. The fourth-order valence-electron chi connectivity index (χ4n) is 0.294. The van der Waals surface area contributed by atoms with E-state index in [1.165, 1.54) is 19.9 Å². The van der Waals surface area contributed by atoms with Crippen molar-refractivity contribution in [1.82, 2.24) is 0 Å². The van der Waals surface area contributed by atoms with E-state index in [-0.39, 0.29) is 49.7 Å². The van der Waals surface area contributed by atoms with Gasteiger partial charge in [-0.15, -0.1) is 0 Å². The molecule has 0 unspecified atom stereocenters. The molecule has 0 saturated heterocycles. The smallest absolute Gasteiger partial charge is 0.155 e. The summed E-state index contributed by atoms with van der Waals surface area (Å²) in [6, 6.07) is 0. The van der Waals surface area contributed by atoms with Gasteiger partial charge in [-0.2, -0.15) is 0 Å². The Labute approximate surface area is 79.3 Å². The van der Waals surface area contributed by atoms with Crippen LogP contribution >= 0.6 is 0 Å². The van der Waals surface area contributed by atoms with Gasteiger partial charge in [0.15, 0.2) is 5.78 Å². The summed E-state index contributed by atoms with van der Waals surface area (Å²) in [5.74, 6) is -0.0625. The van der Waals surface area contributed by atoms with Crippen molar-refractivity contribution >= 4 is 5.78 Å². The molecule has 1 radical (unpaired) electrons. The fourth-order valence-corrected chi connectivity index (χ4v) is 0.294. The number of carbonyl (C=O) groups is 1. The van der Waals surface area contributed by atoms with Crippen LogP contribution in [0, 0.1) is 0 Å². The Kier molecular flexibility index (Phi) is 14.8. The number of allylic oxidation sites excluding steroid dienone is 2. The zero-order valence-electron chi connectivity index (χ0n) is 5.51. The van der Waals surface area contributed by atoms with E-state index in [0.29, 0.717) is 0 Å². The van der Waals surface area contributed by atoms with Crippen molar-refractivity contribution in [3.8, 4) is 0 Å². The van der Waals surface area contributed by atoms with Crippen LogP contribution in [0.2, 0.25) is 0 Å². The van der Waals surface area contributed by atoms with Crippen LogP contribution < -0.4 is 0 Å². The summed E-state index contributed by atoms with van der Waals surface area (Å²) in [7, 11) is 0. The Morgan fingerprint density at radius 1 is 1.44 bits per heavy atom. The molecule has 3 nitrogen and oxygen atoms in total. The number of hydrogen-bond donors (Lipinski definition) is 1. The maximum atomic E-state index is 10.0. The fraction of sp³-hybridized carbons (Fsp3) is 0.400. The minimum absolute atomic E-state index is 0. The van der Waals surface area contributed by atoms with Crippen molar-refractivity contribution in [2.45, 2.75) is 13.8 Å². The van der Waals surface area contributed by atoms with Gasteiger partial charge in [0.2, 0.25) is 0 Å². The van der Waals surface area contributed by atoms with Crippen LogP contribution in [0.5, 0.6) is 0 Å². The molecule has 4 heteroatoms. The maximum absolute atomic E-state index is 10.0. The number of rotatable bonds is 1. The van der Waals surface area contributed by atoms with Crippen LogP contribution in [-0.4, -0.2) is 16.4 Å². The number of carbonyl (C=O) groups excluding carboxylic acids is 1. The first-order chi connectivity index (χ1) is 3.13. The van der Waals surface area contributed by atoms with Crippen LogP contribution in [-0.2, 0) is 37.5 Å². The summed E-state index contributed by atoms with van der Waals surface area (Å²) in [4.78, 5) is 10.0. The molecule has 0 atom stereocenters. The molecule has 0 aliphatic rings. The Balaban J connectivity index is -0.000000180. The Morgan fingerprint density at radius 2 is 1.78 bits per heavy atom. The third-order valence-corrected chi connectivity index (χ3v) is 0.412. The first-order valence-electron chi connectivity index (χ1n) is 2.01. The van der Waals surface area contributed by atoms with Crippen LogP contribution in [0.1, 0.15) is 13.8 Å². The first-order valence-corrected chi connectivity index (χ1v) is 2.01. The molecule has 0 bridgehead atoms. The Bertz CT molecular complexity index is 105. The molecule has 0 heterocycles. The van der Waals surface area contributed by atoms with Crippen molar-refractivity contribution in [3.05, 3.63) is 11.8 Å². The molecule has 0 aliphatic carbocycles. The number of aliphatic hydroxyl groups excluding tert-OH is 1. The maximum Gasteiger partial charge on any atom is 0.155 e. The number of hydrogen-bond acceptors (Lipinski definition) is 2. The molecule has 0 aromatic carbocycles. The van der Waals surface area contributed by atoms with Gasteiger partial charge in [-0.05, 0) is 13.8 Å². The summed E-state index contributed by atoms with van der Waals surface area (Å²) in [5.41, 5.74) is 0. The molecule has 0 amide bonds. The molecular formula is C5H10O3Y.